The Morgan fingerprint density at radius 1 is 1.04 bits per heavy atom. The monoisotopic (exact) mass is 416 g/mol. The van der Waals surface area contributed by atoms with E-state index in [4.69, 9.17) is 14.5 Å². The maximum atomic E-state index is 13.0. The van der Waals surface area contributed by atoms with Crippen LogP contribution < -0.4 is 9.47 Å². The molecule has 1 aliphatic rings. The summed E-state index contributed by atoms with van der Waals surface area (Å²) in [5, 5.41) is 0.882. The van der Waals surface area contributed by atoms with Crippen LogP contribution in [0.3, 0.4) is 0 Å². The van der Waals surface area contributed by atoms with Crippen molar-refractivity contribution in [1.29, 1.82) is 0 Å². The second-order valence-electron chi connectivity index (χ2n) is 6.38. The molecule has 0 radical (unpaired) electrons. The van der Waals surface area contributed by atoms with Crippen molar-refractivity contribution in [3.8, 4) is 22.1 Å². The largest absolute Gasteiger partial charge is 0.497 e. The van der Waals surface area contributed by atoms with Crippen LogP contribution in [0, 0.1) is 0 Å². The summed E-state index contributed by atoms with van der Waals surface area (Å²) in [7, 11) is -0.371. The van der Waals surface area contributed by atoms with Crippen LogP contribution in [0.1, 0.15) is 10.6 Å². The maximum Gasteiger partial charge on any atom is 0.243 e. The molecule has 0 N–H and O–H groups in total. The number of thiazole rings is 1. The van der Waals surface area contributed by atoms with Crippen LogP contribution in [0.25, 0.3) is 10.6 Å². The summed E-state index contributed by atoms with van der Waals surface area (Å²) < 4.78 is 37.9. The first-order valence-electron chi connectivity index (χ1n) is 8.78. The summed E-state index contributed by atoms with van der Waals surface area (Å²) in [4.78, 5) is 5.99. The zero-order valence-corrected chi connectivity index (χ0v) is 17.2. The van der Waals surface area contributed by atoms with Crippen LogP contribution in [-0.4, -0.2) is 38.5 Å². The fraction of sp³-hybridized carbons (Fsp3) is 0.250. The third kappa shape index (κ3) is 3.50. The van der Waals surface area contributed by atoms with Gasteiger partial charge in [-0.05, 0) is 36.4 Å². The Morgan fingerprint density at radius 3 is 2.50 bits per heavy atom. The zero-order valence-electron chi connectivity index (χ0n) is 15.6. The summed E-state index contributed by atoms with van der Waals surface area (Å²) in [5.74, 6) is 1.40. The lowest BCUT2D eigenvalue weighted by atomic mass is 10.2. The van der Waals surface area contributed by atoms with E-state index in [-0.39, 0.29) is 4.90 Å². The Kier molecular flexibility index (Phi) is 5.09. The molecule has 0 atom stereocenters. The highest BCUT2D eigenvalue weighted by Crippen LogP contribution is 2.34. The van der Waals surface area contributed by atoms with Gasteiger partial charge in [-0.1, -0.05) is 12.1 Å². The molecular weight excluding hydrogens is 396 g/mol. The normalized spacial score (nSPS) is 14.5. The molecule has 0 bridgehead atoms. The molecule has 28 heavy (non-hydrogen) atoms. The summed E-state index contributed by atoms with van der Waals surface area (Å²) in [5.41, 5.74) is 1.95. The molecule has 146 valence electrons. The lowest BCUT2D eigenvalue weighted by molar-refractivity contribution is 0.392. The smallest absolute Gasteiger partial charge is 0.243 e. The van der Waals surface area contributed by atoms with Crippen molar-refractivity contribution in [2.45, 2.75) is 17.9 Å². The lowest BCUT2D eigenvalue weighted by Gasteiger charge is -2.25. The molecule has 3 aromatic rings. The van der Waals surface area contributed by atoms with Gasteiger partial charge in [0, 0.05) is 23.4 Å². The molecule has 0 aliphatic carbocycles. The Morgan fingerprint density at radius 2 is 1.79 bits per heavy atom. The van der Waals surface area contributed by atoms with Crippen molar-refractivity contribution >= 4 is 21.4 Å². The fourth-order valence-electron chi connectivity index (χ4n) is 3.15. The van der Waals surface area contributed by atoms with Gasteiger partial charge in [-0.2, -0.15) is 4.31 Å². The summed E-state index contributed by atoms with van der Waals surface area (Å²) in [6, 6.07) is 14.2. The molecule has 1 aliphatic heterocycles. The number of aromatic nitrogens is 1. The van der Waals surface area contributed by atoms with Gasteiger partial charge < -0.3 is 9.47 Å². The minimum Gasteiger partial charge on any atom is -0.497 e. The molecule has 0 amide bonds. The van der Waals surface area contributed by atoms with E-state index < -0.39 is 10.0 Å². The number of methoxy groups -OCH3 is 2. The molecule has 6 nitrogen and oxygen atoms in total. The fourth-order valence-corrected chi connectivity index (χ4v) is 5.76. The van der Waals surface area contributed by atoms with Gasteiger partial charge in [0.05, 0.1) is 31.4 Å². The number of benzene rings is 2. The van der Waals surface area contributed by atoms with E-state index in [1.807, 2.05) is 24.3 Å². The molecular formula is C20H20N2O4S2. The quantitative estimate of drug-likeness (QED) is 0.636. The molecule has 1 aromatic heterocycles. The van der Waals surface area contributed by atoms with E-state index in [0.29, 0.717) is 25.3 Å². The predicted molar refractivity (Wildman–Crippen MR) is 108 cm³/mol. The van der Waals surface area contributed by atoms with Gasteiger partial charge in [0.25, 0.3) is 0 Å². The van der Waals surface area contributed by atoms with E-state index in [9.17, 15) is 8.42 Å². The minimum atomic E-state index is -3.56. The van der Waals surface area contributed by atoms with Crippen LogP contribution in [0.5, 0.6) is 11.5 Å². The van der Waals surface area contributed by atoms with Gasteiger partial charge in [0.2, 0.25) is 10.0 Å². The van der Waals surface area contributed by atoms with Gasteiger partial charge in [-0.3, -0.25) is 0 Å². The number of hydrogen-bond donors (Lipinski definition) is 0. The highest BCUT2D eigenvalue weighted by atomic mass is 32.2. The minimum absolute atomic E-state index is 0.272. The van der Waals surface area contributed by atoms with Gasteiger partial charge in [-0.25, -0.2) is 13.4 Å². The van der Waals surface area contributed by atoms with E-state index >= 15 is 0 Å². The van der Waals surface area contributed by atoms with Gasteiger partial charge in [-0.15, -0.1) is 11.3 Å². The van der Waals surface area contributed by atoms with Gasteiger partial charge in [0.15, 0.2) is 0 Å². The maximum absolute atomic E-state index is 13.0. The Balaban J connectivity index is 1.60. The van der Waals surface area contributed by atoms with Crippen molar-refractivity contribution in [3.05, 3.63) is 59.1 Å². The van der Waals surface area contributed by atoms with Crippen LogP contribution in [0.4, 0.5) is 0 Å². The second-order valence-corrected chi connectivity index (χ2v) is 9.41. The molecule has 0 saturated heterocycles. The van der Waals surface area contributed by atoms with Crippen LogP contribution >= 0.6 is 11.3 Å². The zero-order chi connectivity index (χ0) is 19.7. The van der Waals surface area contributed by atoms with E-state index in [1.54, 1.807) is 38.5 Å². The van der Waals surface area contributed by atoms with Crippen molar-refractivity contribution in [2.75, 3.05) is 20.8 Å². The first kappa shape index (κ1) is 18.9. The molecule has 2 heterocycles. The van der Waals surface area contributed by atoms with E-state index in [0.717, 1.165) is 26.9 Å². The lowest BCUT2D eigenvalue weighted by Crippen LogP contribution is -2.35. The molecule has 0 unspecified atom stereocenters. The van der Waals surface area contributed by atoms with Crippen molar-refractivity contribution < 1.29 is 17.9 Å². The standard InChI is InChI=1S/C20H20N2O4S2/c1-25-15-6-8-17(9-7-15)28(23,24)22-11-10-18-19(13-22)27-20(21-18)14-4-3-5-16(12-14)26-2/h3-9,12H,10-11,13H2,1-2H3. The summed E-state index contributed by atoms with van der Waals surface area (Å²) in [6.45, 7) is 0.758. The molecule has 4 rings (SSSR count). The van der Waals surface area contributed by atoms with Crippen LogP contribution in [-0.2, 0) is 23.0 Å². The third-order valence-corrected chi connectivity index (χ3v) is 7.70. The predicted octanol–water partition coefficient (Wildman–Crippen LogP) is 3.57. The topological polar surface area (TPSA) is 68.7 Å². The first-order chi connectivity index (χ1) is 13.5. The molecule has 8 heteroatoms. The van der Waals surface area contributed by atoms with E-state index in [2.05, 4.69) is 0 Å². The molecule has 2 aromatic carbocycles. The average Bonchev–Trinajstić information content (AvgIpc) is 3.17. The Hall–Kier alpha value is -2.42. The summed E-state index contributed by atoms with van der Waals surface area (Å²) >= 11 is 1.54. The van der Waals surface area contributed by atoms with Gasteiger partial charge in [0.1, 0.15) is 16.5 Å². The number of fused-ring (bicyclic) bond motifs is 1. The number of nitrogens with zero attached hydrogens (tertiary/aromatic N) is 2. The van der Waals surface area contributed by atoms with Gasteiger partial charge >= 0.3 is 0 Å². The van der Waals surface area contributed by atoms with E-state index in [1.165, 1.54) is 15.6 Å². The Bertz CT molecular complexity index is 1090. The number of ether oxygens (including phenoxy) is 2. The third-order valence-electron chi connectivity index (χ3n) is 4.71. The van der Waals surface area contributed by atoms with Crippen molar-refractivity contribution in [3.63, 3.8) is 0 Å². The second kappa shape index (κ2) is 7.54. The molecule has 0 fully saturated rings. The molecule has 0 spiro atoms. The highest BCUT2D eigenvalue weighted by Gasteiger charge is 2.30. The number of rotatable bonds is 5. The Labute approximate surface area is 168 Å². The van der Waals surface area contributed by atoms with Crippen LogP contribution in [0.2, 0.25) is 0 Å². The highest BCUT2D eigenvalue weighted by molar-refractivity contribution is 7.89. The summed E-state index contributed by atoms with van der Waals surface area (Å²) in [6.07, 6.45) is 0.602. The number of hydrogen-bond acceptors (Lipinski definition) is 6. The first-order valence-corrected chi connectivity index (χ1v) is 11.0. The van der Waals surface area contributed by atoms with Crippen LogP contribution in [0.15, 0.2) is 53.4 Å². The van der Waals surface area contributed by atoms with Crippen molar-refractivity contribution in [1.82, 2.24) is 9.29 Å². The average molecular weight is 417 g/mol. The molecule has 0 saturated carbocycles. The van der Waals surface area contributed by atoms with Crippen molar-refractivity contribution in [2.24, 2.45) is 0 Å². The number of sulfonamides is 1. The SMILES string of the molecule is COc1ccc(S(=O)(=O)N2CCc3nc(-c4cccc(OC)c4)sc3C2)cc1.